The fourth-order valence-electron chi connectivity index (χ4n) is 3.39. The van der Waals surface area contributed by atoms with Crippen LogP contribution in [0.15, 0.2) is 36.4 Å². The van der Waals surface area contributed by atoms with Crippen LogP contribution < -0.4 is 14.4 Å². The Morgan fingerprint density at radius 2 is 1.75 bits per heavy atom. The zero-order chi connectivity index (χ0) is 21.1. The van der Waals surface area contributed by atoms with Crippen molar-refractivity contribution < 1.29 is 17.9 Å². The van der Waals surface area contributed by atoms with Crippen molar-refractivity contribution >= 4 is 27.3 Å². The summed E-state index contributed by atoms with van der Waals surface area (Å²) in [5.41, 5.74) is 4.09. The largest absolute Gasteiger partial charge is 0.497 e. The second-order valence-corrected chi connectivity index (χ2v) is 8.81. The van der Waals surface area contributed by atoms with Gasteiger partial charge in [-0.15, -0.1) is 0 Å². The van der Waals surface area contributed by atoms with E-state index in [-0.39, 0.29) is 5.91 Å². The van der Waals surface area contributed by atoms with E-state index in [1.807, 2.05) is 32.9 Å². The minimum absolute atomic E-state index is 0.320. The quantitative estimate of drug-likeness (QED) is 0.761. The Morgan fingerprint density at radius 1 is 1.14 bits per heavy atom. The van der Waals surface area contributed by atoms with Crippen LogP contribution in [-0.4, -0.2) is 33.7 Å². The van der Waals surface area contributed by atoms with Crippen molar-refractivity contribution in [2.45, 2.75) is 40.2 Å². The maximum atomic E-state index is 13.1. The summed E-state index contributed by atoms with van der Waals surface area (Å²) >= 11 is 0. The molecule has 0 saturated carbocycles. The lowest BCUT2D eigenvalue weighted by Crippen LogP contribution is -2.47. The Hall–Kier alpha value is -2.54. The highest BCUT2D eigenvalue weighted by atomic mass is 32.2. The monoisotopic (exact) mass is 404 g/mol. The van der Waals surface area contributed by atoms with Gasteiger partial charge in [-0.2, -0.15) is 0 Å². The van der Waals surface area contributed by atoms with Gasteiger partial charge in [-0.1, -0.05) is 30.7 Å². The summed E-state index contributed by atoms with van der Waals surface area (Å²) < 4.78 is 31.5. The van der Waals surface area contributed by atoms with Crippen molar-refractivity contribution in [3.05, 3.63) is 53.1 Å². The number of hydrogen-bond acceptors (Lipinski definition) is 4. The van der Waals surface area contributed by atoms with Gasteiger partial charge < -0.3 is 10.1 Å². The van der Waals surface area contributed by atoms with Gasteiger partial charge in [0.25, 0.3) is 0 Å². The third-order valence-electron chi connectivity index (χ3n) is 4.56. The van der Waals surface area contributed by atoms with E-state index in [1.54, 1.807) is 31.2 Å². The molecule has 0 fully saturated rings. The van der Waals surface area contributed by atoms with Gasteiger partial charge in [0, 0.05) is 11.8 Å². The first-order valence-corrected chi connectivity index (χ1v) is 11.0. The van der Waals surface area contributed by atoms with Crippen LogP contribution in [0, 0.1) is 20.8 Å². The fraction of sp³-hybridized carbons (Fsp3) is 0.381. The third kappa shape index (κ3) is 4.84. The van der Waals surface area contributed by atoms with Gasteiger partial charge in [0.1, 0.15) is 11.8 Å². The van der Waals surface area contributed by atoms with Crippen molar-refractivity contribution in [2.75, 3.05) is 23.0 Å². The van der Waals surface area contributed by atoms with E-state index >= 15 is 0 Å². The van der Waals surface area contributed by atoms with Crippen LogP contribution in [0.2, 0.25) is 0 Å². The number of nitrogens with one attached hydrogen (secondary N) is 1. The van der Waals surface area contributed by atoms with Crippen LogP contribution in [-0.2, 0) is 14.8 Å². The van der Waals surface area contributed by atoms with Gasteiger partial charge in [-0.05, 0) is 50.5 Å². The Bertz CT molecular complexity index is 947. The highest BCUT2D eigenvalue weighted by molar-refractivity contribution is 7.92. The Balaban J connectivity index is 2.45. The number of anilines is 2. The molecule has 2 aromatic rings. The molecular weight excluding hydrogens is 376 g/mol. The van der Waals surface area contributed by atoms with Gasteiger partial charge in [0.05, 0.1) is 19.1 Å². The Morgan fingerprint density at radius 3 is 2.25 bits per heavy atom. The topological polar surface area (TPSA) is 75.7 Å². The van der Waals surface area contributed by atoms with Crippen LogP contribution in [0.1, 0.15) is 30.0 Å². The summed E-state index contributed by atoms with van der Waals surface area (Å²) in [6.45, 7) is 7.63. The molecule has 0 spiro atoms. The predicted molar refractivity (Wildman–Crippen MR) is 114 cm³/mol. The third-order valence-corrected chi connectivity index (χ3v) is 5.74. The number of ether oxygens (including phenoxy) is 1. The smallest absolute Gasteiger partial charge is 0.248 e. The number of nitrogens with zero attached hydrogens (tertiary/aromatic N) is 1. The number of rotatable bonds is 7. The second-order valence-electron chi connectivity index (χ2n) is 6.95. The number of aryl methyl sites for hydroxylation is 3. The first-order valence-electron chi connectivity index (χ1n) is 9.10. The standard InChI is InChI=1S/C21H28N2O4S/c1-7-19(21(24)22-20-15(3)11-14(2)12-16(20)4)23(28(6,25)26)17-9-8-10-18(13-17)27-5/h8-13,19H,7H2,1-6H3,(H,22,24)/t19-/m1/s1. The summed E-state index contributed by atoms with van der Waals surface area (Å²) in [5, 5.41) is 2.93. The number of amides is 1. The highest BCUT2D eigenvalue weighted by Crippen LogP contribution is 2.28. The lowest BCUT2D eigenvalue weighted by Gasteiger charge is -2.30. The zero-order valence-corrected chi connectivity index (χ0v) is 18.1. The Labute approximate surface area is 167 Å². The number of carbonyl (C=O) groups excluding carboxylic acids is 1. The van der Waals surface area contributed by atoms with E-state index in [9.17, 15) is 13.2 Å². The summed E-state index contributed by atoms with van der Waals surface area (Å²) in [5.74, 6) is 0.150. The summed E-state index contributed by atoms with van der Waals surface area (Å²) in [7, 11) is -2.19. The molecule has 0 saturated heterocycles. The molecule has 2 aromatic carbocycles. The average molecular weight is 405 g/mol. The number of methoxy groups -OCH3 is 1. The zero-order valence-electron chi connectivity index (χ0n) is 17.2. The van der Waals surface area contributed by atoms with Crippen LogP contribution in [0.3, 0.4) is 0 Å². The SMILES string of the molecule is CC[C@H](C(=O)Nc1c(C)cc(C)cc1C)N(c1cccc(OC)c1)S(C)(=O)=O. The molecule has 0 bridgehead atoms. The number of benzene rings is 2. The van der Waals surface area contributed by atoms with Crippen LogP contribution >= 0.6 is 0 Å². The van der Waals surface area contributed by atoms with Crippen molar-refractivity contribution in [3.8, 4) is 5.75 Å². The fourth-order valence-corrected chi connectivity index (χ4v) is 4.60. The molecule has 0 aliphatic rings. The lowest BCUT2D eigenvalue weighted by atomic mass is 10.0. The predicted octanol–water partition coefficient (Wildman–Crippen LogP) is 3.80. The minimum Gasteiger partial charge on any atom is -0.497 e. The molecule has 152 valence electrons. The average Bonchev–Trinajstić information content (AvgIpc) is 2.61. The molecule has 0 heterocycles. The van der Waals surface area contributed by atoms with E-state index in [0.717, 1.165) is 27.3 Å². The van der Waals surface area contributed by atoms with E-state index in [1.165, 1.54) is 7.11 Å². The van der Waals surface area contributed by atoms with Crippen LogP contribution in [0.5, 0.6) is 5.75 Å². The molecular formula is C21H28N2O4S. The second kappa shape index (κ2) is 8.65. The number of sulfonamides is 1. The summed E-state index contributed by atoms with van der Waals surface area (Å²) in [6, 6.07) is 9.78. The molecule has 2 rings (SSSR count). The summed E-state index contributed by atoms with van der Waals surface area (Å²) in [4.78, 5) is 13.1. The number of carbonyl (C=O) groups is 1. The van der Waals surface area contributed by atoms with Crippen LogP contribution in [0.4, 0.5) is 11.4 Å². The molecule has 0 radical (unpaired) electrons. The summed E-state index contributed by atoms with van der Waals surface area (Å²) in [6.07, 6.45) is 1.42. The Kier molecular flexibility index (Phi) is 6.72. The molecule has 7 heteroatoms. The first kappa shape index (κ1) is 21.8. The molecule has 0 unspecified atom stereocenters. The minimum atomic E-state index is -3.70. The van der Waals surface area contributed by atoms with Crippen molar-refractivity contribution in [1.29, 1.82) is 0 Å². The van der Waals surface area contributed by atoms with Gasteiger partial charge in [-0.3, -0.25) is 9.10 Å². The van der Waals surface area contributed by atoms with Gasteiger partial charge >= 0.3 is 0 Å². The maximum absolute atomic E-state index is 13.1. The molecule has 1 amide bonds. The molecule has 6 nitrogen and oxygen atoms in total. The van der Waals surface area contributed by atoms with Gasteiger partial charge in [0.2, 0.25) is 15.9 Å². The molecule has 0 aromatic heterocycles. The van der Waals surface area contributed by atoms with Gasteiger partial charge in [-0.25, -0.2) is 8.42 Å². The van der Waals surface area contributed by atoms with E-state index in [4.69, 9.17) is 4.74 Å². The molecule has 1 N–H and O–H groups in total. The number of hydrogen-bond donors (Lipinski definition) is 1. The molecule has 0 aliphatic carbocycles. The normalized spacial score (nSPS) is 12.4. The van der Waals surface area contributed by atoms with Crippen molar-refractivity contribution in [3.63, 3.8) is 0 Å². The molecule has 1 atom stereocenters. The van der Waals surface area contributed by atoms with Crippen molar-refractivity contribution in [1.82, 2.24) is 0 Å². The van der Waals surface area contributed by atoms with Crippen molar-refractivity contribution in [2.24, 2.45) is 0 Å². The van der Waals surface area contributed by atoms with Crippen LogP contribution in [0.25, 0.3) is 0 Å². The first-order chi connectivity index (χ1) is 13.1. The molecule has 28 heavy (non-hydrogen) atoms. The van der Waals surface area contributed by atoms with E-state index < -0.39 is 16.1 Å². The maximum Gasteiger partial charge on any atom is 0.248 e. The highest BCUT2D eigenvalue weighted by Gasteiger charge is 2.32. The van der Waals surface area contributed by atoms with E-state index in [2.05, 4.69) is 5.32 Å². The van der Waals surface area contributed by atoms with E-state index in [0.29, 0.717) is 23.5 Å². The lowest BCUT2D eigenvalue weighted by molar-refractivity contribution is -0.117. The van der Waals surface area contributed by atoms with Gasteiger partial charge in [0.15, 0.2) is 0 Å². The molecule has 0 aliphatic heterocycles.